The summed E-state index contributed by atoms with van der Waals surface area (Å²) in [5, 5.41) is 9.06. The molecule has 1 N–H and O–H groups in total. The Balaban J connectivity index is 2.12. The summed E-state index contributed by atoms with van der Waals surface area (Å²) in [7, 11) is 0. The first-order valence-electron chi connectivity index (χ1n) is 7.25. The van der Waals surface area contributed by atoms with Crippen LogP contribution in [0.5, 0.6) is 0 Å². The van der Waals surface area contributed by atoms with Crippen molar-refractivity contribution in [1.29, 1.82) is 0 Å². The molecule has 2 aromatic rings. The summed E-state index contributed by atoms with van der Waals surface area (Å²) in [4.78, 5) is 25.6. The fraction of sp³-hybridized carbons (Fsp3) is 0.222. The summed E-state index contributed by atoms with van der Waals surface area (Å²) in [5.41, 5.74) is 3.43. The third kappa shape index (κ3) is 2.79. The third-order valence-corrected chi connectivity index (χ3v) is 5.04. The molecule has 112 valence electrons. The van der Waals surface area contributed by atoms with Crippen LogP contribution in [0.1, 0.15) is 34.0 Å². The number of carboxylic acid groups (broad SMARTS) is 1. The van der Waals surface area contributed by atoms with E-state index >= 15 is 0 Å². The number of aliphatic carboxylic acids is 1. The van der Waals surface area contributed by atoms with E-state index in [-0.39, 0.29) is 12.2 Å². The maximum absolute atomic E-state index is 12.5. The predicted octanol–water partition coefficient (Wildman–Crippen LogP) is 3.77. The monoisotopic (exact) mass is 312 g/mol. The summed E-state index contributed by atoms with van der Waals surface area (Å²) in [5.74, 6) is -0.812. The Morgan fingerprint density at radius 3 is 2.68 bits per heavy atom. The Kier molecular flexibility index (Phi) is 4.03. The summed E-state index contributed by atoms with van der Waals surface area (Å²) in [6.07, 6.45) is 1.09. The maximum atomic E-state index is 12.5. The summed E-state index contributed by atoms with van der Waals surface area (Å²) < 4.78 is 0. The second kappa shape index (κ2) is 5.97. The largest absolute Gasteiger partial charge is 0.481 e. The fourth-order valence-corrected chi connectivity index (χ4v) is 3.90. The van der Waals surface area contributed by atoms with E-state index in [1.165, 1.54) is 0 Å². The number of carboxylic acids is 1. The number of Topliss-reactive ketones (excluding diaryl/α,β-unsaturated/α-hetero) is 1. The van der Waals surface area contributed by atoms with Crippen molar-refractivity contribution in [3.8, 4) is 0 Å². The average Bonchev–Trinajstić information content (AvgIpc) is 2.62. The van der Waals surface area contributed by atoms with Crippen LogP contribution in [0.15, 0.2) is 46.2 Å². The molecular formula is C18H16O3S. The summed E-state index contributed by atoms with van der Waals surface area (Å²) >= 11 is 1.60. The molecular weight excluding hydrogens is 296 g/mol. The van der Waals surface area contributed by atoms with Gasteiger partial charge in [-0.1, -0.05) is 36.9 Å². The number of benzene rings is 2. The molecule has 0 spiro atoms. The van der Waals surface area contributed by atoms with E-state index in [2.05, 4.69) is 0 Å². The molecule has 0 unspecified atom stereocenters. The summed E-state index contributed by atoms with van der Waals surface area (Å²) in [6, 6.07) is 11.7. The zero-order valence-corrected chi connectivity index (χ0v) is 13.1. The first-order valence-corrected chi connectivity index (χ1v) is 8.06. The van der Waals surface area contributed by atoms with E-state index < -0.39 is 5.97 Å². The lowest BCUT2D eigenvalue weighted by Gasteiger charge is -2.12. The van der Waals surface area contributed by atoms with E-state index in [4.69, 9.17) is 5.11 Å². The highest BCUT2D eigenvalue weighted by Gasteiger charge is 2.22. The highest BCUT2D eigenvalue weighted by Crippen LogP contribution is 2.38. The van der Waals surface area contributed by atoms with Gasteiger partial charge in [-0.3, -0.25) is 9.59 Å². The van der Waals surface area contributed by atoms with Gasteiger partial charge in [0.25, 0.3) is 0 Å². The zero-order valence-electron chi connectivity index (χ0n) is 12.3. The summed E-state index contributed by atoms with van der Waals surface area (Å²) in [6.45, 7) is 2.00. The normalized spacial score (nSPS) is 13.2. The first-order chi connectivity index (χ1) is 10.6. The van der Waals surface area contributed by atoms with Gasteiger partial charge in [0.1, 0.15) is 0 Å². The van der Waals surface area contributed by atoms with Gasteiger partial charge in [0.05, 0.1) is 6.42 Å². The van der Waals surface area contributed by atoms with Crippen LogP contribution in [-0.2, 0) is 24.1 Å². The van der Waals surface area contributed by atoms with E-state index in [0.717, 1.165) is 32.9 Å². The molecule has 0 bridgehead atoms. The van der Waals surface area contributed by atoms with Crippen LogP contribution in [0, 0.1) is 0 Å². The van der Waals surface area contributed by atoms with Crippen LogP contribution < -0.4 is 0 Å². The molecule has 0 aromatic heterocycles. The lowest BCUT2D eigenvalue weighted by molar-refractivity contribution is -0.136. The lowest BCUT2D eigenvalue weighted by atomic mass is 9.95. The molecule has 3 rings (SSSR count). The van der Waals surface area contributed by atoms with Crippen molar-refractivity contribution in [2.24, 2.45) is 0 Å². The highest BCUT2D eigenvalue weighted by atomic mass is 32.2. The number of rotatable bonds is 3. The Morgan fingerprint density at radius 1 is 1.18 bits per heavy atom. The van der Waals surface area contributed by atoms with Gasteiger partial charge >= 0.3 is 5.97 Å². The van der Waals surface area contributed by atoms with Gasteiger partial charge in [-0.25, -0.2) is 0 Å². The Hall–Kier alpha value is -2.07. The molecule has 1 aliphatic rings. The molecule has 0 atom stereocenters. The predicted molar refractivity (Wildman–Crippen MR) is 85.8 cm³/mol. The van der Waals surface area contributed by atoms with Crippen LogP contribution in [-0.4, -0.2) is 16.9 Å². The second-order valence-corrected chi connectivity index (χ2v) is 6.43. The second-order valence-electron chi connectivity index (χ2n) is 5.35. The minimum absolute atomic E-state index is 0.0403. The van der Waals surface area contributed by atoms with Crippen LogP contribution in [0.2, 0.25) is 0 Å². The number of fused-ring (bicyclic) bond motifs is 2. The quantitative estimate of drug-likeness (QED) is 0.937. The molecule has 22 heavy (non-hydrogen) atoms. The molecule has 0 aliphatic carbocycles. The van der Waals surface area contributed by atoms with Crippen molar-refractivity contribution in [1.82, 2.24) is 0 Å². The molecule has 0 radical (unpaired) electrons. The van der Waals surface area contributed by atoms with Crippen LogP contribution in [0.3, 0.4) is 0 Å². The molecule has 0 fully saturated rings. The molecule has 0 saturated carbocycles. The van der Waals surface area contributed by atoms with Crippen molar-refractivity contribution in [2.75, 3.05) is 0 Å². The van der Waals surface area contributed by atoms with Gasteiger partial charge in [-0.05, 0) is 41.3 Å². The van der Waals surface area contributed by atoms with E-state index in [1.54, 1.807) is 17.8 Å². The minimum atomic E-state index is -0.869. The molecule has 1 heterocycles. The molecule has 0 amide bonds. The topological polar surface area (TPSA) is 54.4 Å². The van der Waals surface area contributed by atoms with Gasteiger partial charge < -0.3 is 5.11 Å². The molecule has 0 saturated heterocycles. The standard InChI is InChI=1S/C18H16O3S/c1-2-11-9-17-14(7-13(11)10-18(20)21)15(19)8-12-5-3-4-6-16(12)22-17/h3-7,9H,2,8,10H2,1H3,(H,20,21). The number of aryl methyl sites for hydroxylation is 1. The molecule has 2 aromatic carbocycles. The van der Waals surface area contributed by atoms with E-state index in [0.29, 0.717) is 12.0 Å². The number of hydrogen-bond acceptors (Lipinski definition) is 3. The Labute approximate surface area is 133 Å². The van der Waals surface area contributed by atoms with Crippen molar-refractivity contribution in [2.45, 2.75) is 36.0 Å². The maximum Gasteiger partial charge on any atom is 0.307 e. The van der Waals surface area contributed by atoms with Gasteiger partial charge in [0.15, 0.2) is 5.78 Å². The van der Waals surface area contributed by atoms with Crippen molar-refractivity contribution >= 4 is 23.5 Å². The zero-order chi connectivity index (χ0) is 15.7. The number of hydrogen-bond donors (Lipinski definition) is 1. The average molecular weight is 312 g/mol. The van der Waals surface area contributed by atoms with Crippen LogP contribution in [0.25, 0.3) is 0 Å². The van der Waals surface area contributed by atoms with E-state index in [9.17, 15) is 9.59 Å². The Morgan fingerprint density at radius 2 is 1.95 bits per heavy atom. The number of carbonyl (C=O) groups excluding carboxylic acids is 1. The van der Waals surface area contributed by atoms with Gasteiger partial charge in [-0.2, -0.15) is 0 Å². The minimum Gasteiger partial charge on any atom is -0.481 e. The smallest absolute Gasteiger partial charge is 0.307 e. The van der Waals surface area contributed by atoms with Crippen LogP contribution >= 0.6 is 11.8 Å². The van der Waals surface area contributed by atoms with Gasteiger partial charge in [0.2, 0.25) is 0 Å². The van der Waals surface area contributed by atoms with Crippen molar-refractivity contribution < 1.29 is 14.7 Å². The molecule has 3 nitrogen and oxygen atoms in total. The fourth-order valence-electron chi connectivity index (χ4n) is 2.76. The molecule has 4 heteroatoms. The van der Waals surface area contributed by atoms with Gasteiger partial charge in [0, 0.05) is 21.8 Å². The number of ketones is 1. The van der Waals surface area contributed by atoms with Crippen molar-refractivity contribution in [3.05, 3.63) is 58.7 Å². The third-order valence-electron chi connectivity index (χ3n) is 3.87. The lowest BCUT2D eigenvalue weighted by Crippen LogP contribution is -2.08. The first kappa shape index (κ1) is 14.9. The molecule has 1 aliphatic heterocycles. The van der Waals surface area contributed by atoms with Gasteiger partial charge in [-0.15, -0.1) is 0 Å². The highest BCUT2D eigenvalue weighted by molar-refractivity contribution is 7.99. The van der Waals surface area contributed by atoms with Crippen LogP contribution in [0.4, 0.5) is 0 Å². The SMILES string of the molecule is CCc1cc2c(cc1CC(=O)O)C(=O)Cc1ccccc1S2. The Bertz CT molecular complexity index is 765. The number of carbonyl (C=O) groups is 2. The van der Waals surface area contributed by atoms with Crippen molar-refractivity contribution in [3.63, 3.8) is 0 Å². The van der Waals surface area contributed by atoms with E-state index in [1.807, 2.05) is 37.3 Å².